The van der Waals surface area contributed by atoms with Crippen molar-refractivity contribution >= 4 is 0 Å². The van der Waals surface area contributed by atoms with Gasteiger partial charge in [-0.1, -0.05) is 124 Å². The second kappa shape index (κ2) is 23.1. The summed E-state index contributed by atoms with van der Waals surface area (Å²) < 4.78 is 18.8. The van der Waals surface area contributed by atoms with Gasteiger partial charge in [0.25, 0.3) is 0 Å². The molecule has 0 spiro atoms. The Labute approximate surface area is 234 Å². The number of phenolic OH excluding ortho intramolecular Hbond substituents is 2. The predicted octanol–water partition coefficient (Wildman–Crippen LogP) is 10.3. The summed E-state index contributed by atoms with van der Waals surface area (Å²) in [5, 5.41) is 22.1. The summed E-state index contributed by atoms with van der Waals surface area (Å²) >= 11 is 0. The number of aromatic hydroxyl groups is 2. The summed E-state index contributed by atoms with van der Waals surface area (Å²) in [7, 11) is 0. The lowest BCUT2D eigenvalue weighted by atomic mass is 10.0. The Bertz CT molecular complexity index is 703. The van der Waals surface area contributed by atoms with E-state index in [-0.39, 0.29) is 17.2 Å². The highest BCUT2D eigenvalue weighted by Crippen LogP contribution is 2.53. The number of benzene rings is 1. The van der Waals surface area contributed by atoms with Gasteiger partial charge >= 0.3 is 0 Å². The number of phenols is 2. The van der Waals surface area contributed by atoms with Gasteiger partial charge in [-0.15, -0.1) is 0 Å². The standard InChI is InChI=1S/C33H60O5/c1-5-9-13-17-21-25-36-31-28(24-20-16-12-8-4)29(34)30(35)32(37-26-22-18-14-10-6-2)33(31)38-27-23-19-15-11-7-3/h34-35H,5-27H2,1-4H3. The van der Waals surface area contributed by atoms with Crippen LogP contribution in [-0.2, 0) is 6.42 Å². The van der Waals surface area contributed by atoms with Gasteiger partial charge in [0.05, 0.1) is 19.8 Å². The molecule has 0 saturated heterocycles. The molecule has 0 saturated carbocycles. The molecule has 0 heterocycles. The van der Waals surface area contributed by atoms with Gasteiger partial charge in [-0.05, 0) is 32.1 Å². The quantitative estimate of drug-likeness (QED) is 0.0910. The Kier molecular flexibility index (Phi) is 20.9. The van der Waals surface area contributed by atoms with Crippen LogP contribution < -0.4 is 14.2 Å². The highest BCUT2D eigenvalue weighted by atomic mass is 16.5. The zero-order valence-electron chi connectivity index (χ0n) is 25.4. The molecule has 1 rings (SSSR count). The van der Waals surface area contributed by atoms with Gasteiger partial charge in [-0.25, -0.2) is 0 Å². The summed E-state index contributed by atoms with van der Waals surface area (Å²) in [4.78, 5) is 0. The maximum atomic E-state index is 11.1. The Hall–Kier alpha value is -1.78. The van der Waals surface area contributed by atoms with E-state index in [0.717, 1.165) is 64.2 Å². The lowest BCUT2D eigenvalue weighted by molar-refractivity contribution is 0.222. The van der Waals surface area contributed by atoms with Crippen molar-refractivity contribution in [1.29, 1.82) is 0 Å². The van der Waals surface area contributed by atoms with Crippen molar-refractivity contribution in [3.8, 4) is 28.7 Å². The Balaban J connectivity index is 3.15. The molecule has 1 aromatic carbocycles. The molecular formula is C33H60O5. The summed E-state index contributed by atoms with van der Waals surface area (Å²) in [6, 6.07) is 0. The van der Waals surface area contributed by atoms with Crippen molar-refractivity contribution in [2.24, 2.45) is 0 Å². The van der Waals surface area contributed by atoms with Crippen molar-refractivity contribution < 1.29 is 24.4 Å². The lowest BCUT2D eigenvalue weighted by Gasteiger charge is -2.22. The molecule has 5 heteroatoms. The molecule has 0 aliphatic heterocycles. The first-order valence-electron chi connectivity index (χ1n) is 16.1. The average Bonchev–Trinajstić information content (AvgIpc) is 2.92. The van der Waals surface area contributed by atoms with E-state index in [4.69, 9.17) is 14.2 Å². The third-order valence-electron chi connectivity index (χ3n) is 7.17. The molecule has 0 atom stereocenters. The van der Waals surface area contributed by atoms with E-state index < -0.39 is 0 Å². The van der Waals surface area contributed by atoms with Crippen LogP contribution in [0.25, 0.3) is 0 Å². The zero-order valence-corrected chi connectivity index (χ0v) is 25.4. The average molecular weight is 537 g/mol. The number of ether oxygens (including phenoxy) is 3. The maximum Gasteiger partial charge on any atom is 0.211 e. The summed E-state index contributed by atoms with van der Waals surface area (Å²) in [5.41, 5.74) is 0.656. The molecule has 0 fully saturated rings. The van der Waals surface area contributed by atoms with E-state index in [9.17, 15) is 10.2 Å². The van der Waals surface area contributed by atoms with Gasteiger partial charge in [0.2, 0.25) is 17.2 Å². The van der Waals surface area contributed by atoms with E-state index in [1.54, 1.807) is 0 Å². The van der Waals surface area contributed by atoms with Crippen LogP contribution in [0.4, 0.5) is 0 Å². The molecule has 38 heavy (non-hydrogen) atoms. The third kappa shape index (κ3) is 13.8. The second-order valence-corrected chi connectivity index (χ2v) is 10.8. The fourth-order valence-electron chi connectivity index (χ4n) is 4.72. The van der Waals surface area contributed by atoms with Crippen LogP contribution in [-0.4, -0.2) is 30.0 Å². The van der Waals surface area contributed by atoms with Gasteiger partial charge in [0, 0.05) is 5.56 Å². The van der Waals surface area contributed by atoms with Gasteiger partial charge < -0.3 is 24.4 Å². The molecule has 5 nitrogen and oxygen atoms in total. The second-order valence-electron chi connectivity index (χ2n) is 10.8. The molecule has 0 bridgehead atoms. The largest absolute Gasteiger partial charge is 0.504 e. The number of hydrogen-bond acceptors (Lipinski definition) is 5. The first-order valence-corrected chi connectivity index (χ1v) is 16.1. The van der Waals surface area contributed by atoms with Crippen LogP contribution in [0.15, 0.2) is 0 Å². The van der Waals surface area contributed by atoms with E-state index in [2.05, 4.69) is 27.7 Å². The predicted molar refractivity (Wildman–Crippen MR) is 160 cm³/mol. The fourth-order valence-corrected chi connectivity index (χ4v) is 4.72. The van der Waals surface area contributed by atoms with Crippen molar-refractivity contribution in [2.45, 2.75) is 156 Å². The number of hydrogen-bond donors (Lipinski definition) is 2. The Morgan fingerprint density at radius 3 is 1.21 bits per heavy atom. The van der Waals surface area contributed by atoms with Gasteiger partial charge in [-0.2, -0.15) is 0 Å². The van der Waals surface area contributed by atoms with Crippen LogP contribution in [0.1, 0.15) is 155 Å². The molecule has 222 valence electrons. The zero-order chi connectivity index (χ0) is 27.8. The van der Waals surface area contributed by atoms with Crippen LogP contribution in [0.3, 0.4) is 0 Å². The fraction of sp³-hybridized carbons (Fsp3) is 0.818. The van der Waals surface area contributed by atoms with Crippen molar-refractivity contribution in [3.05, 3.63) is 5.56 Å². The highest BCUT2D eigenvalue weighted by molar-refractivity contribution is 5.69. The smallest absolute Gasteiger partial charge is 0.211 e. The molecule has 1 aromatic rings. The summed E-state index contributed by atoms with van der Waals surface area (Å²) in [5.74, 6) is 0.967. The normalized spacial score (nSPS) is 11.2. The maximum absolute atomic E-state index is 11.1. The van der Waals surface area contributed by atoms with Gasteiger partial charge in [-0.3, -0.25) is 0 Å². The first kappa shape index (κ1) is 34.2. The Morgan fingerprint density at radius 1 is 0.395 bits per heavy atom. The number of rotatable bonds is 26. The molecule has 0 unspecified atom stereocenters. The summed E-state index contributed by atoms with van der Waals surface area (Å²) in [6.07, 6.45) is 22.0. The number of unbranched alkanes of at least 4 members (excludes halogenated alkanes) is 15. The van der Waals surface area contributed by atoms with E-state index in [1.807, 2.05) is 0 Å². The SMILES string of the molecule is CCCCCCCOc1c(O)c(O)c(CCCCCC)c(OCCCCCCC)c1OCCCCCCC. The van der Waals surface area contributed by atoms with Crippen LogP contribution in [0, 0.1) is 0 Å². The topological polar surface area (TPSA) is 68.2 Å². The minimum atomic E-state index is -0.208. The van der Waals surface area contributed by atoms with Gasteiger partial charge in [0.15, 0.2) is 11.5 Å². The molecule has 0 radical (unpaired) electrons. The van der Waals surface area contributed by atoms with Crippen molar-refractivity contribution in [2.75, 3.05) is 19.8 Å². The van der Waals surface area contributed by atoms with Gasteiger partial charge in [0.1, 0.15) is 0 Å². The lowest BCUT2D eigenvalue weighted by Crippen LogP contribution is -2.09. The minimum Gasteiger partial charge on any atom is -0.504 e. The van der Waals surface area contributed by atoms with Crippen molar-refractivity contribution in [1.82, 2.24) is 0 Å². The molecule has 0 aromatic heterocycles. The molecular weight excluding hydrogens is 476 g/mol. The minimum absolute atomic E-state index is 0.112. The van der Waals surface area contributed by atoms with E-state index in [0.29, 0.717) is 43.3 Å². The first-order chi connectivity index (χ1) is 18.6. The van der Waals surface area contributed by atoms with E-state index >= 15 is 0 Å². The van der Waals surface area contributed by atoms with Crippen LogP contribution in [0.5, 0.6) is 28.7 Å². The molecule has 0 amide bonds. The molecule has 0 aliphatic rings. The summed E-state index contributed by atoms with van der Waals surface area (Å²) in [6.45, 7) is 10.4. The monoisotopic (exact) mass is 536 g/mol. The molecule has 0 aliphatic carbocycles. The van der Waals surface area contributed by atoms with Crippen LogP contribution in [0.2, 0.25) is 0 Å². The van der Waals surface area contributed by atoms with Crippen molar-refractivity contribution in [3.63, 3.8) is 0 Å². The molecule has 2 N–H and O–H groups in total. The van der Waals surface area contributed by atoms with E-state index in [1.165, 1.54) is 57.8 Å². The Morgan fingerprint density at radius 2 is 0.763 bits per heavy atom. The highest BCUT2D eigenvalue weighted by Gasteiger charge is 2.27. The third-order valence-corrected chi connectivity index (χ3v) is 7.17. The van der Waals surface area contributed by atoms with Crippen LogP contribution >= 0.6 is 0 Å².